The van der Waals surface area contributed by atoms with Crippen LogP contribution in [-0.2, 0) is 12.3 Å². The van der Waals surface area contributed by atoms with E-state index in [2.05, 4.69) is 28.1 Å². The van der Waals surface area contributed by atoms with Crippen LogP contribution in [0.25, 0.3) is 10.2 Å². The molecule has 0 aliphatic rings. The van der Waals surface area contributed by atoms with E-state index in [1.807, 2.05) is 32.9 Å². The minimum absolute atomic E-state index is 0.0812. The molecule has 0 atom stereocenters. The van der Waals surface area contributed by atoms with Crippen molar-refractivity contribution in [2.75, 3.05) is 0 Å². The molecule has 0 spiro atoms. The van der Waals surface area contributed by atoms with Crippen molar-refractivity contribution in [2.45, 2.75) is 38.2 Å². The number of hydrogen-bond acceptors (Lipinski definition) is 4. The second-order valence-electron chi connectivity index (χ2n) is 5.32. The molecule has 0 radical (unpaired) electrons. The summed E-state index contributed by atoms with van der Waals surface area (Å²) in [4.78, 5) is 19.6. The van der Waals surface area contributed by atoms with Gasteiger partial charge in [0.05, 0.1) is 5.39 Å². The molecule has 3 nitrogen and oxygen atoms in total. The normalized spacial score (nSPS) is 11.3. The zero-order chi connectivity index (χ0) is 16.6. The molecule has 6 heteroatoms. The van der Waals surface area contributed by atoms with Gasteiger partial charge in [0.25, 0.3) is 5.56 Å². The number of thiophene rings is 1. The highest BCUT2D eigenvalue weighted by Crippen LogP contribution is 2.29. The highest BCUT2D eigenvalue weighted by Gasteiger charge is 2.15. The number of benzene rings is 1. The Morgan fingerprint density at radius 1 is 1.26 bits per heavy atom. The number of nitrogens with zero attached hydrogens (tertiary/aromatic N) is 2. The molecule has 0 saturated carbocycles. The van der Waals surface area contributed by atoms with E-state index >= 15 is 0 Å². The zero-order valence-corrected chi connectivity index (χ0v) is 16.4. The fraction of sp³-hybridized carbons (Fsp3) is 0.294. The molecule has 0 unspecified atom stereocenters. The van der Waals surface area contributed by atoms with Gasteiger partial charge in [-0.15, -0.1) is 11.3 Å². The standard InChI is InChI=1S/C17H17BrN2OS2/c1-4-20-16(21)14-10(2)11(3)23-15(14)19-17(20)22-9-12-5-7-13(18)8-6-12/h5-8H,4,9H2,1-3H3. The summed E-state index contributed by atoms with van der Waals surface area (Å²) < 4.78 is 2.85. The molecule has 2 heterocycles. The molecule has 0 saturated heterocycles. The van der Waals surface area contributed by atoms with Crippen LogP contribution in [0.4, 0.5) is 0 Å². The van der Waals surface area contributed by atoms with E-state index in [4.69, 9.17) is 4.98 Å². The molecular formula is C17H17BrN2OS2. The fourth-order valence-electron chi connectivity index (χ4n) is 2.43. The SMILES string of the molecule is CCn1c(SCc2ccc(Br)cc2)nc2sc(C)c(C)c2c1=O. The van der Waals surface area contributed by atoms with Crippen LogP contribution in [0.15, 0.2) is 38.7 Å². The van der Waals surface area contributed by atoms with Crippen molar-refractivity contribution < 1.29 is 0 Å². The van der Waals surface area contributed by atoms with Crippen LogP contribution in [-0.4, -0.2) is 9.55 Å². The number of rotatable bonds is 4. The average Bonchev–Trinajstić information content (AvgIpc) is 2.82. The Morgan fingerprint density at radius 3 is 2.61 bits per heavy atom. The lowest BCUT2D eigenvalue weighted by Gasteiger charge is -2.10. The molecule has 0 N–H and O–H groups in total. The van der Waals surface area contributed by atoms with Gasteiger partial charge < -0.3 is 0 Å². The van der Waals surface area contributed by atoms with Gasteiger partial charge in [0.1, 0.15) is 4.83 Å². The van der Waals surface area contributed by atoms with Crippen molar-refractivity contribution in [1.82, 2.24) is 9.55 Å². The number of hydrogen-bond donors (Lipinski definition) is 0. The molecular weight excluding hydrogens is 392 g/mol. The van der Waals surface area contributed by atoms with Crippen LogP contribution in [0.2, 0.25) is 0 Å². The van der Waals surface area contributed by atoms with Crippen LogP contribution >= 0.6 is 39.0 Å². The molecule has 0 aliphatic carbocycles. The van der Waals surface area contributed by atoms with E-state index in [1.165, 1.54) is 10.4 Å². The third-order valence-electron chi connectivity index (χ3n) is 3.85. The molecule has 3 rings (SSSR count). The van der Waals surface area contributed by atoms with Crippen LogP contribution in [0.5, 0.6) is 0 Å². The van der Waals surface area contributed by atoms with Gasteiger partial charge in [-0.25, -0.2) is 4.98 Å². The Balaban J connectivity index is 1.99. The van der Waals surface area contributed by atoms with E-state index in [1.54, 1.807) is 27.7 Å². The third-order valence-corrected chi connectivity index (χ3v) is 6.53. The van der Waals surface area contributed by atoms with Crippen LogP contribution in [0.3, 0.4) is 0 Å². The predicted molar refractivity (Wildman–Crippen MR) is 103 cm³/mol. The number of fused-ring (bicyclic) bond motifs is 1. The largest absolute Gasteiger partial charge is 0.287 e. The average molecular weight is 409 g/mol. The lowest BCUT2D eigenvalue weighted by atomic mass is 10.2. The first kappa shape index (κ1) is 16.7. The Hall–Kier alpha value is -1.11. The van der Waals surface area contributed by atoms with Gasteiger partial charge >= 0.3 is 0 Å². The quantitative estimate of drug-likeness (QED) is 0.442. The summed E-state index contributed by atoms with van der Waals surface area (Å²) in [6.45, 7) is 6.68. The molecule has 120 valence electrons. The van der Waals surface area contributed by atoms with Crippen molar-refractivity contribution in [3.8, 4) is 0 Å². The molecule has 23 heavy (non-hydrogen) atoms. The van der Waals surface area contributed by atoms with E-state index in [0.717, 1.165) is 31.2 Å². The van der Waals surface area contributed by atoms with Gasteiger partial charge in [-0.05, 0) is 44.0 Å². The Labute approximate surface area is 151 Å². The van der Waals surface area contributed by atoms with E-state index < -0.39 is 0 Å². The van der Waals surface area contributed by atoms with Crippen molar-refractivity contribution >= 4 is 49.2 Å². The number of aryl methyl sites for hydroxylation is 2. The Morgan fingerprint density at radius 2 is 1.96 bits per heavy atom. The molecule has 0 aliphatic heterocycles. The summed E-state index contributed by atoms with van der Waals surface area (Å²) in [6.07, 6.45) is 0. The number of aromatic nitrogens is 2. The number of thioether (sulfide) groups is 1. The minimum atomic E-state index is 0.0812. The first-order valence-corrected chi connectivity index (χ1v) is 9.98. The van der Waals surface area contributed by atoms with Crippen LogP contribution in [0, 0.1) is 13.8 Å². The maximum absolute atomic E-state index is 12.8. The molecule has 3 aromatic rings. The lowest BCUT2D eigenvalue weighted by Crippen LogP contribution is -2.22. The van der Waals surface area contributed by atoms with Gasteiger partial charge in [-0.2, -0.15) is 0 Å². The minimum Gasteiger partial charge on any atom is -0.287 e. The monoisotopic (exact) mass is 408 g/mol. The lowest BCUT2D eigenvalue weighted by molar-refractivity contribution is 0.635. The van der Waals surface area contributed by atoms with E-state index in [0.29, 0.717) is 6.54 Å². The van der Waals surface area contributed by atoms with Crippen molar-refractivity contribution in [3.63, 3.8) is 0 Å². The summed E-state index contributed by atoms with van der Waals surface area (Å²) >= 11 is 6.67. The molecule has 2 aromatic heterocycles. The maximum atomic E-state index is 12.8. The summed E-state index contributed by atoms with van der Waals surface area (Å²) in [5, 5.41) is 1.58. The van der Waals surface area contributed by atoms with Crippen molar-refractivity contribution in [1.29, 1.82) is 0 Å². The second-order valence-corrected chi connectivity index (χ2v) is 8.38. The van der Waals surface area contributed by atoms with Gasteiger partial charge in [-0.3, -0.25) is 9.36 Å². The van der Waals surface area contributed by atoms with Crippen molar-refractivity contribution in [3.05, 3.63) is 55.1 Å². The smallest absolute Gasteiger partial charge is 0.263 e. The Bertz CT molecular complexity index is 913. The second kappa shape index (κ2) is 6.79. The van der Waals surface area contributed by atoms with E-state index in [-0.39, 0.29) is 5.56 Å². The summed E-state index contributed by atoms with van der Waals surface area (Å²) in [5.74, 6) is 0.800. The molecule has 1 aromatic carbocycles. The van der Waals surface area contributed by atoms with Gasteiger partial charge in [0.2, 0.25) is 0 Å². The highest BCUT2D eigenvalue weighted by molar-refractivity contribution is 9.10. The first-order valence-electron chi connectivity index (χ1n) is 7.39. The van der Waals surface area contributed by atoms with Gasteiger partial charge in [0.15, 0.2) is 5.16 Å². The van der Waals surface area contributed by atoms with E-state index in [9.17, 15) is 4.79 Å². The third kappa shape index (κ3) is 3.25. The van der Waals surface area contributed by atoms with Crippen LogP contribution < -0.4 is 5.56 Å². The fourth-order valence-corrected chi connectivity index (χ4v) is 4.78. The summed E-state index contributed by atoms with van der Waals surface area (Å²) in [5.41, 5.74) is 2.36. The van der Waals surface area contributed by atoms with Crippen LogP contribution in [0.1, 0.15) is 22.9 Å². The number of halogens is 1. The zero-order valence-electron chi connectivity index (χ0n) is 13.2. The predicted octanol–water partition coefficient (Wildman–Crippen LogP) is 5.15. The molecule has 0 amide bonds. The topological polar surface area (TPSA) is 34.9 Å². The van der Waals surface area contributed by atoms with Crippen molar-refractivity contribution in [2.24, 2.45) is 0 Å². The summed E-state index contributed by atoms with van der Waals surface area (Å²) in [7, 11) is 0. The molecule has 0 fully saturated rings. The Kier molecular flexibility index (Phi) is 4.94. The maximum Gasteiger partial charge on any atom is 0.263 e. The summed E-state index contributed by atoms with van der Waals surface area (Å²) in [6, 6.07) is 8.24. The first-order chi connectivity index (χ1) is 11.0. The molecule has 0 bridgehead atoms. The highest BCUT2D eigenvalue weighted by atomic mass is 79.9. The van der Waals surface area contributed by atoms with Gasteiger partial charge in [0, 0.05) is 21.6 Å². The van der Waals surface area contributed by atoms with Gasteiger partial charge in [-0.1, -0.05) is 39.8 Å².